The summed E-state index contributed by atoms with van der Waals surface area (Å²) in [5.41, 5.74) is 10.8. The Morgan fingerprint density at radius 1 is 1.15 bits per heavy atom. The molecular weight excluding hydrogens is 270 g/mol. The molecule has 0 radical (unpaired) electrons. The van der Waals surface area contributed by atoms with E-state index >= 15 is 0 Å². The van der Waals surface area contributed by atoms with Crippen molar-refractivity contribution in [1.82, 2.24) is 0 Å². The van der Waals surface area contributed by atoms with Crippen LogP contribution in [0.5, 0.6) is 5.75 Å². The fourth-order valence-corrected chi connectivity index (χ4v) is 2.83. The van der Waals surface area contributed by atoms with E-state index in [-0.39, 0.29) is 12.1 Å². The molecule has 2 atom stereocenters. The second-order valence-electron chi connectivity index (χ2n) is 5.50. The third kappa shape index (κ3) is 2.41. The number of nitrogens with two attached hydrogens (primary N) is 1. The van der Waals surface area contributed by atoms with Crippen LogP contribution in [0.1, 0.15) is 40.8 Å². The van der Waals surface area contributed by atoms with Crippen LogP contribution < -0.4 is 10.5 Å². The van der Waals surface area contributed by atoms with Crippen LogP contribution in [0, 0.1) is 13.8 Å². The number of halogens is 1. The maximum Gasteiger partial charge on any atom is 0.126 e. The second-order valence-corrected chi connectivity index (χ2v) is 5.91. The molecule has 20 heavy (non-hydrogen) atoms. The molecule has 2 unspecified atom stereocenters. The Morgan fingerprint density at radius 2 is 1.95 bits per heavy atom. The van der Waals surface area contributed by atoms with E-state index in [0.717, 1.165) is 33.9 Å². The molecule has 1 aliphatic heterocycles. The van der Waals surface area contributed by atoms with Gasteiger partial charge in [-0.25, -0.2) is 0 Å². The van der Waals surface area contributed by atoms with Crippen LogP contribution in [0.15, 0.2) is 36.4 Å². The lowest BCUT2D eigenvalue weighted by atomic mass is 9.92. The van der Waals surface area contributed by atoms with Crippen LogP contribution in [0.25, 0.3) is 0 Å². The van der Waals surface area contributed by atoms with E-state index in [1.54, 1.807) is 0 Å². The monoisotopic (exact) mass is 287 g/mol. The summed E-state index contributed by atoms with van der Waals surface area (Å²) in [6, 6.07) is 12.2. The molecule has 104 valence electrons. The molecule has 2 nitrogen and oxygen atoms in total. The summed E-state index contributed by atoms with van der Waals surface area (Å²) in [6.45, 7) is 4.07. The molecule has 3 rings (SSSR count). The molecule has 0 aromatic heterocycles. The van der Waals surface area contributed by atoms with Crippen molar-refractivity contribution in [3.8, 4) is 5.75 Å². The minimum Gasteiger partial charge on any atom is -0.485 e. The smallest absolute Gasteiger partial charge is 0.126 e. The van der Waals surface area contributed by atoms with Crippen molar-refractivity contribution in [2.24, 2.45) is 5.73 Å². The molecular formula is C17H18ClNO. The van der Waals surface area contributed by atoms with Gasteiger partial charge in [-0.1, -0.05) is 41.4 Å². The minimum absolute atomic E-state index is 0.00345. The van der Waals surface area contributed by atoms with Gasteiger partial charge in [0.2, 0.25) is 0 Å². The Balaban J connectivity index is 1.94. The van der Waals surface area contributed by atoms with E-state index in [1.807, 2.05) is 25.1 Å². The van der Waals surface area contributed by atoms with Gasteiger partial charge in [0.25, 0.3) is 0 Å². The molecule has 2 aromatic carbocycles. The van der Waals surface area contributed by atoms with Crippen molar-refractivity contribution in [3.63, 3.8) is 0 Å². The topological polar surface area (TPSA) is 35.2 Å². The molecule has 0 aliphatic carbocycles. The first-order chi connectivity index (χ1) is 9.54. The van der Waals surface area contributed by atoms with Crippen LogP contribution in [0.4, 0.5) is 0 Å². The molecule has 0 bridgehead atoms. The summed E-state index contributed by atoms with van der Waals surface area (Å²) >= 11 is 6.20. The number of ether oxygens (including phenoxy) is 1. The highest BCUT2D eigenvalue weighted by Crippen LogP contribution is 2.40. The molecule has 0 saturated carbocycles. The Labute approximate surface area is 124 Å². The van der Waals surface area contributed by atoms with Crippen molar-refractivity contribution in [2.45, 2.75) is 32.4 Å². The lowest BCUT2D eigenvalue weighted by Gasteiger charge is -2.31. The molecule has 0 fully saturated rings. The molecule has 0 spiro atoms. The fourth-order valence-electron chi connectivity index (χ4n) is 2.64. The number of hydrogen-bond donors (Lipinski definition) is 1. The molecule has 2 aromatic rings. The van der Waals surface area contributed by atoms with Gasteiger partial charge in [0.05, 0.1) is 0 Å². The predicted octanol–water partition coefficient (Wildman–Crippen LogP) is 4.48. The first-order valence-corrected chi connectivity index (χ1v) is 7.21. The van der Waals surface area contributed by atoms with E-state index in [0.29, 0.717) is 0 Å². The largest absolute Gasteiger partial charge is 0.485 e. The van der Waals surface area contributed by atoms with E-state index in [2.05, 4.69) is 25.1 Å². The zero-order chi connectivity index (χ0) is 14.3. The third-order valence-corrected chi connectivity index (χ3v) is 4.28. The number of aryl methyl sites for hydroxylation is 2. The van der Waals surface area contributed by atoms with Crippen molar-refractivity contribution >= 4 is 11.6 Å². The Hall–Kier alpha value is -1.51. The lowest BCUT2D eigenvalue weighted by Crippen LogP contribution is -2.24. The van der Waals surface area contributed by atoms with Crippen molar-refractivity contribution in [2.75, 3.05) is 0 Å². The molecule has 2 N–H and O–H groups in total. The standard InChI is InChI=1S/C17H18ClNO/c1-10-3-6-16-13(7-10)15(19)9-17(20-16)12-5-4-11(2)14(18)8-12/h3-8,15,17H,9,19H2,1-2H3. The van der Waals surface area contributed by atoms with Crippen molar-refractivity contribution in [1.29, 1.82) is 0 Å². The minimum atomic E-state index is -0.0293. The van der Waals surface area contributed by atoms with E-state index < -0.39 is 0 Å². The van der Waals surface area contributed by atoms with Crippen molar-refractivity contribution in [3.05, 3.63) is 63.7 Å². The zero-order valence-electron chi connectivity index (χ0n) is 11.7. The van der Waals surface area contributed by atoms with Gasteiger partial charge in [-0.2, -0.15) is 0 Å². The first-order valence-electron chi connectivity index (χ1n) is 6.83. The number of rotatable bonds is 1. The Morgan fingerprint density at radius 3 is 2.70 bits per heavy atom. The molecule has 0 amide bonds. The summed E-state index contributed by atoms with van der Waals surface area (Å²) in [5.74, 6) is 0.885. The van der Waals surface area contributed by atoms with Gasteiger partial charge in [0.1, 0.15) is 11.9 Å². The third-order valence-electron chi connectivity index (χ3n) is 3.87. The van der Waals surface area contributed by atoms with Gasteiger partial charge in [0, 0.05) is 23.0 Å². The summed E-state index contributed by atoms with van der Waals surface area (Å²) in [6.07, 6.45) is 0.744. The zero-order valence-corrected chi connectivity index (χ0v) is 12.4. The van der Waals surface area contributed by atoms with Gasteiger partial charge in [0.15, 0.2) is 0 Å². The maximum absolute atomic E-state index is 6.30. The van der Waals surface area contributed by atoms with Crippen molar-refractivity contribution < 1.29 is 4.74 Å². The maximum atomic E-state index is 6.30. The first kappa shape index (κ1) is 13.5. The number of fused-ring (bicyclic) bond motifs is 1. The lowest BCUT2D eigenvalue weighted by molar-refractivity contribution is 0.161. The average molecular weight is 288 g/mol. The fraction of sp³-hybridized carbons (Fsp3) is 0.294. The van der Waals surface area contributed by atoms with Crippen LogP contribution in [0.3, 0.4) is 0 Å². The Kier molecular flexibility index (Phi) is 3.45. The molecule has 1 heterocycles. The SMILES string of the molecule is Cc1ccc2c(c1)C(N)CC(c1ccc(C)c(Cl)c1)O2. The van der Waals surface area contributed by atoms with Gasteiger partial charge < -0.3 is 10.5 Å². The number of benzene rings is 2. The average Bonchev–Trinajstić information content (AvgIpc) is 2.42. The van der Waals surface area contributed by atoms with Crippen LogP contribution in [-0.4, -0.2) is 0 Å². The quantitative estimate of drug-likeness (QED) is 0.839. The summed E-state index contributed by atoms with van der Waals surface area (Å²) in [7, 11) is 0. The number of hydrogen-bond acceptors (Lipinski definition) is 2. The predicted molar refractivity (Wildman–Crippen MR) is 82.3 cm³/mol. The summed E-state index contributed by atoms with van der Waals surface area (Å²) < 4.78 is 6.10. The summed E-state index contributed by atoms with van der Waals surface area (Å²) in [4.78, 5) is 0. The molecule has 0 saturated heterocycles. The van der Waals surface area contributed by atoms with Crippen LogP contribution in [-0.2, 0) is 0 Å². The normalized spacial score (nSPS) is 21.2. The highest BCUT2D eigenvalue weighted by Gasteiger charge is 2.27. The van der Waals surface area contributed by atoms with Gasteiger partial charge in [-0.05, 0) is 37.1 Å². The molecule has 3 heteroatoms. The summed E-state index contributed by atoms with van der Waals surface area (Å²) in [5, 5.41) is 0.773. The van der Waals surface area contributed by atoms with Gasteiger partial charge in [-0.3, -0.25) is 0 Å². The highest BCUT2D eigenvalue weighted by atomic mass is 35.5. The second kappa shape index (κ2) is 5.12. The van der Waals surface area contributed by atoms with E-state index in [4.69, 9.17) is 22.1 Å². The van der Waals surface area contributed by atoms with E-state index in [9.17, 15) is 0 Å². The van der Waals surface area contributed by atoms with E-state index in [1.165, 1.54) is 5.56 Å². The highest BCUT2D eigenvalue weighted by molar-refractivity contribution is 6.31. The van der Waals surface area contributed by atoms with Gasteiger partial charge in [-0.15, -0.1) is 0 Å². The van der Waals surface area contributed by atoms with Gasteiger partial charge >= 0.3 is 0 Å². The van der Waals surface area contributed by atoms with Crippen LogP contribution >= 0.6 is 11.6 Å². The van der Waals surface area contributed by atoms with Crippen LogP contribution in [0.2, 0.25) is 5.02 Å². The molecule has 1 aliphatic rings. The Bertz CT molecular complexity index is 653.